The predicted molar refractivity (Wildman–Crippen MR) is 107 cm³/mol. The Morgan fingerprint density at radius 3 is 2.46 bits per heavy atom. The molecule has 0 aliphatic rings. The van der Waals surface area contributed by atoms with Crippen LogP contribution < -0.4 is 0 Å². The Hall–Kier alpha value is -1.91. The molecule has 0 radical (unpaired) electrons. The van der Waals surface area contributed by atoms with Crippen LogP contribution in [0, 0.1) is 0 Å². The van der Waals surface area contributed by atoms with Crippen LogP contribution in [0.3, 0.4) is 0 Å². The van der Waals surface area contributed by atoms with Gasteiger partial charge in [0.25, 0.3) is 0 Å². The van der Waals surface area contributed by atoms with Crippen LogP contribution in [0.2, 0.25) is 10.0 Å². The minimum absolute atomic E-state index is 0.548. The van der Waals surface area contributed by atoms with E-state index >= 15 is 0 Å². The Morgan fingerprint density at radius 1 is 0.962 bits per heavy atom. The molecular formula is C20H22Cl2N4. The van der Waals surface area contributed by atoms with Crippen LogP contribution in [-0.4, -0.2) is 19.7 Å². The van der Waals surface area contributed by atoms with Crippen molar-refractivity contribution >= 4 is 23.2 Å². The molecule has 3 aromatic rings. The summed E-state index contributed by atoms with van der Waals surface area (Å²) in [6, 6.07) is 9.26. The van der Waals surface area contributed by atoms with Gasteiger partial charge in [0, 0.05) is 29.4 Å². The fourth-order valence-electron chi connectivity index (χ4n) is 2.86. The Kier molecular flexibility index (Phi) is 6.64. The lowest BCUT2D eigenvalue weighted by Gasteiger charge is -2.08. The van der Waals surface area contributed by atoms with Crippen molar-refractivity contribution in [1.29, 1.82) is 0 Å². The molecule has 3 rings (SSSR count). The Bertz CT molecular complexity index is 846. The van der Waals surface area contributed by atoms with E-state index in [9.17, 15) is 0 Å². The van der Waals surface area contributed by atoms with Gasteiger partial charge in [-0.3, -0.25) is 4.98 Å². The zero-order chi connectivity index (χ0) is 18.4. The average Bonchev–Trinajstić information content (AvgIpc) is 3.06. The topological polar surface area (TPSA) is 43.6 Å². The van der Waals surface area contributed by atoms with E-state index in [-0.39, 0.29) is 0 Å². The number of halogens is 2. The highest BCUT2D eigenvalue weighted by Crippen LogP contribution is 2.28. The van der Waals surface area contributed by atoms with E-state index in [0.29, 0.717) is 10.0 Å². The summed E-state index contributed by atoms with van der Waals surface area (Å²) in [4.78, 5) is 8.86. The molecule has 0 aliphatic heterocycles. The van der Waals surface area contributed by atoms with E-state index in [2.05, 4.69) is 11.9 Å². The molecule has 0 bridgehead atoms. The van der Waals surface area contributed by atoms with Crippen LogP contribution in [0.4, 0.5) is 0 Å². The second-order valence-corrected chi connectivity index (χ2v) is 7.10. The molecule has 4 nitrogen and oxygen atoms in total. The van der Waals surface area contributed by atoms with Gasteiger partial charge < -0.3 is 0 Å². The monoisotopic (exact) mass is 388 g/mol. The lowest BCUT2D eigenvalue weighted by atomic mass is 10.1. The predicted octanol–water partition coefficient (Wildman–Crippen LogP) is 6.15. The molecule has 2 aromatic heterocycles. The van der Waals surface area contributed by atoms with Crippen LogP contribution >= 0.6 is 23.2 Å². The maximum absolute atomic E-state index is 6.41. The van der Waals surface area contributed by atoms with Gasteiger partial charge in [0.05, 0.1) is 10.7 Å². The van der Waals surface area contributed by atoms with Crippen LogP contribution in [0.15, 0.2) is 42.7 Å². The highest BCUT2D eigenvalue weighted by molar-refractivity contribution is 6.35. The molecule has 1 aromatic carbocycles. The van der Waals surface area contributed by atoms with Gasteiger partial charge in [-0.1, -0.05) is 55.8 Å². The van der Waals surface area contributed by atoms with Gasteiger partial charge in [-0.25, -0.2) is 9.67 Å². The lowest BCUT2D eigenvalue weighted by molar-refractivity contribution is 0.621. The Morgan fingerprint density at radius 2 is 1.73 bits per heavy atom. The SMILES string of the molecule is CCCCCCCc1nc(-c2ccncc2)n(-c2ccc(Cl)cc2Cl)n1. The minimum atomic E-state index is 0.548. The summed E-state index contributed by atoms with van der Waals surface area (Å²) in [5, 5.41) is 5.87. The quantitative estimate of drug-likeness (QED) is 0.434. The smallest absolute Gasteiger partial charge is 0.163 e. The molecule has 136 valence electrons. The summed E-state index contributed by atoms with van der Waals surface area (Å²) in [5.41, 5.74) is 1.73. The van der Waals surface area contributed by atoms with Crippen LogP contribution in [0.1, 0.15) is 44.9 Å². The van der Waals surface area contributed by atoms with E-state index in [1.54, 1.807) is 23.1 Å². The minimum Gasteiger partial charge on any atom is -0.265 e. The highest BCUT2D eigenvalue weighted by atomic mass is 35.5. The number of nitrogens with zero attached hydrogens (tertiary/aromatic N) is 4. The van der Waals surface area contributed by atoms with Crippen molar-refractivity contribution < 1.29 is 0 Å². The Balaban J connectivity index is 1.91. The van der Waals surface area contributed by atoms with Gasteiger partial charge in [-0.05, 0) is 36.8 Å². The van der Waals surface area contributed by atoms with E-state index in [1.807, 2.05) is 24.3 Å². The second kappa shape index (κ2) is 9.15. The van der Waals surface area contributed by atoms with E-state index in [4.69, 9.17) is 33.3 Å². The summed E-state index contributed by atoms with van der Waals surface area (Å²) in [5.74, 6) is 1.60. The lowest BCUT2D eigenvalue weighted by Crippen LogP contribution is -2.01. The molecule has 0 saturated heterocycles. The standard InChI is InChI=1S/C20H22Cl2N4/c1-2-3-4-5-6-7-19-24-20(15-10-12-23-13-11-15)26(25-19)18-9-8-16(21)14-17(18)22/h8-14H,2-7H2,1H3. The number of aryl methyl sites for hydroxylation is 1. The summed E-state index contributed by atoms with van der Waals surface area (Å²) < 4.78 is 1.80. The third-order valence-electron chi connectivity index (χ3n) is 4.23. The third-order valence-corrected chi connectivity index (χ3v) is 4.77. The maximum Gasteiger partial charge on any atom is 0.163 e. The van der Waals surface area contributed by atoms with Gasteiger partial charge in [-0.2, -0.15) is 5.10 Å². The van der Waals surface area contributed by atoms with E-state index in [0.717, 1.165) is 35.7 Å². The first kappa shape index (κ1) is 18.9. The zero-order valence-corrected chi connectivity index (χ0v) is 16.3. The molecule has 2 heterocycles. The van der Waals surface area contributed by atoms with Crippen LogP contribution in [0.25, 0.3) is 17.1 Å². The molecule has 0 N–H and O–H groups in total. The molecular weight excluding hydrogens is 367 g/mol. The number of hydrogen-bond acceptors (Lipinski definition) is 3. The van der Waals surface area contributed by atoms with Crippen molar-refractivity contribution in [2.75, 3.05) is 0 Å². The molecule has 0 saturated carbocycles. The number of pyridine rings is 1. The number of hydrogen-bond donors (Lipinski definition) is 0. The number of benzene rings is 1. The van der Waals surface area contributed by atoms with Crippen molar-refractivity contribution in [1.82, 2.24) is 19.7 Å². The summed E-state index contributed by atoms with van der Waals surface area (Å²) >= 11 is 12.4. The third kappa shape index (κ3) is 4.63. The Labute approximate surface area is 164 Å². The van der Waals surface area contributed by atoms with Crippen LogP contribution in [-0.2, 0) is 6.42 Å². The largest absolute Gasteiger partial charge is 0.265 e. The number of unbranched alkanes of at least 4 members (excludes halogenated alkanes) is 4. The van der Waals surface area contributed by atoms with Gasteiger partial charge in [0.15, 0.2) is 11.6 Å². The van der Waals surface area contributed by atoms with Crippen molar-refractivity contribution in [3.8, 4) is 17.1 Å². The summed E-state index contributed by atoms with van der Waals surface area (Å²) in [6.45, 7) is 2.22. The normalized spacial score (nSPS) is 11.0. The van der Waals surface area contributed by atoms with Gasteiger partial charge in [0.2, 0.25) is 0 Å². The molecule has 0 fully saturated rings. The number of rotatable bonds is 8. The fourth-order valence-corrected chi connectivity index (χ4v) is 3.34. The molecule has 0 spiro atoms. The van der Waals surface area contributed by atoms with E-state index in [1.165, 1.54) is 25.7 Å². The average molecular weight is 389 g/mol. The highest BCUT2D eigenvalue weighted by Gasteiger charge is 2.15. The van der Waals surface area contributed by atoms with Crippen molar-refractivity contribution in [2.24, 2.45) is 0 Å². The van der Waals surface area contributed by atoms with E-state index < -0.39 is 0 Å². The van der Waals surface area contributed by atoms with Gasteiger partial charge in [0.1, 0.15) is 0 Å². The zero-order valence-electron chi connectivity index (χ0n) is 14.8. The maximum atomic E-state index is 6.41. The second-order valence-electron chi connectivity index (χ2n) is 6.26. The first-order chi connectivity index (χ1) is 12.7. The van der Waals surface area contributed by atoms with Crippen LogP contribution in [0.5, 0.6) is 0 Å². The summed E-state index contributed by atoms with van der Waals surface area (Å²) in [7, 11) is 0. The first-order valence-corrected chi connectivity index (χ1v) is 9.76. The number of aromatic nitrogens is 4. The molecule has 26 heavy (non-hydrogen) atoms. The molecule has 0 unspecified atom stereocenters. The van der Waals surface area contributed by atoms with Crippen molar-refractivity contribution in [2.45, 2.75) is 45.4 Å². The van der Waals surface area contributed by atoms with Crippen molar-refractivity contribution in [3.05, 3.63) is 58.6 Å². The first-order valence-electron chi connectivity index (χ1n) is 9.01. The molecule has 0 atom stereocenters. The summed E-state index contributed by atoms with van der Waals surface area (Å²) in [6.07, 6.45) is 10.4. The molecule has 0 amide bonds. The molecule has 6 heteroatoms. The molecule has 0 aliphatic carbocycles. The van der Waals surface area contributed by atoms with Crippen molar-refractivity contribution in [3.63, 3.8) is 0 Å². The van der Waals surface area contributed by atoms with Gasteiger partial charge >= 0.3 is 0 Å². The fraction of sp³-hybridized carbons (Fsp3) is 0.350. The van der Waals surface area contributed by atoms with Gasteiger partial charge in [-0.15, -0.1) is 0 Å².